The van der Waals surface area contributed by atoms with Gasteiger partial charge in [0.25, 0.3) is 5.91 Å². The number of aromatic nitrogens is 2. The van der Waals surface area contributed by atoms with E-state index in [-0.39, 0.29) is 49.5 Å². The number of carbonyl (C=O) groups is 3. The third kappa shape index (κ3) is 8.51. The zero-order chi connectivity index (χ0) is 31.5. The molecule has 3 heterocycles. The average molecular weight is 682 g/mol. The molecule has 0 bridgehead atoms. The Morgan fingerprint density at radius 3 is 2.58 bits per heavy atom. The molecule has 1 aliphatic rings. The van der Waals surface area contributed by atoms with E-state index in [0.717, 1.165) is 0 Å². The Labute approximate surface area is 257 Å². The van der Waals surface area contributed by atoms with Crippen molar-refractivity contribution in [1.82, 2.24) is 19.2 Å². The maximum absolute atomic E-state index is 14.4. The Bertz CT molecular complexity index is 1640. The normalized spacial score (nSPS) is 17.8. The van der Waals surface area contributed by atoms with Crippen molar-refractivity contribution >= 4 is 60.4 Å². The number of primary amides is 1. The van der Waals surface area contributed by atoms with Crippen molar-refractivity contribution in [3.63, 3.8) is 0 Å². The molecule has 12 nitrogen and oxygen atoms in total. The van der Waals surface area contributed by atoms with E-state index in [1.54, 1.807) is 45.0 Å². The maximum atomic E-state index is 14.4. The number of fused-ring (bicyclic) bond motifs is 1. The second-order valence-corrected chi connectivity index (χ2v) is 13.8. The molecule has 0 saturated carbocycles. The van der Waals surface area contributed by atoms with Crippen molar-refractivity contribution < 1.29 is 31.9 Å². The standard InChI is InChI=1S/C28H34BrFN6O6S/c1-28(2,3)34-43(40,41)16-42-18-8-10-21-19(13-18)20(26(31)38)14-35(21)15-25(37)36-12-11-17(30)7-9-22(36)27(39)33-24-6-4-5-23(29)32-24/h4-6,8,10,13-14,17,22,34H,7,9,11-12,15-16H2,1-3H3,(H2,31,38)(H,32,33,39)/t17?,22-/m0/s1. The van der Waals surface area contributed by atoms with Gasteiger partial charge in [-0.1, -0.05) is 6.07 Å². The third-order valence-electron chi connectivity index (χ3n) is 6.67. The van der Waals surface area contributed by atoms with Gasteiger partial charge in [-0.3, -0.25) is 14.4 Å². The van der Waals surface area contributed by atoms with Gasteiger partial charge in [0.1, 0.15) is 34.9 Å². The highest BCUT2D eigenvalue weighted by Crippen LogP contribution is 2.28. The second kappa shape index (κ2) is 13.0. The van der Waals surface area contributed by atoms with E-state index < -0.39 is 51.4 Å². The molecule has 0 spiro atoms. The SMILES string of the molecule is CC(C)(C)NS(=O)(=O)COc1ccc2c(c1)c(C(N)=O)cn2CC(=O)N1CCC(F)CC[C@H]1C(=O)Nc1cccc(Br)n1. The first-order chi connectivity index (χ1) is 20.1. The number of amides is 3. The number of ether oxygens (including phenoxy) is 1. The summed E-state index contributed by atoms with van der Waals surface area (Å²) in [4.78, 5) is 44.7. The lowest BCUT2D eigenvalue weighted by atomic mass is 10.1. The minimum atomic E-state index is -3.77. The van der Waals surface area contributed by atoms with E-state index in [1.165, 1.54) is 27.8 Å². The molecule has 1 unspecified atom stereocenters. The summed E-state index contributed by atoms with van der Waals surface area (Å²) in [6.07, 6.45) is 0.585. The molecule has 0 aliphatic carbocycles. The van der Waals surface area contributed by atoms with Crippen molar-refractivity contribution in [2.24, 2.45) is 5.73 Å². The molecule has 1 saturated heterocycles. The number of pyridine rings is 1. The number of nitrogens with zero attached hydrogens (tertiary/aromatic N) is 3. The minimum absolute atomic E-state index is 0.0287. The lowest BCUT2D eigenvalue weighted by Crippen LogP contribution is -2.48. The predicted octanol–water partition coefficient (Wildman–Crippen LogP) is 3.31. The molecule has 4 N–H and O–H groups in total. The molecule has 0 radical (unpaired) electrons. The number of likely N-dealkylation sites (tertiary alicyclic amines) is 1. The van der Waals surface area contributed by atoms with Crippen LogP contribution in [0.2, 0.25) is 0 Å². The van der Waals surface area contributed by atoms with Crippen molar-refractivity contribution in [2.45, 2.75) is 64.3 Å². The van der Waals surface area contributed by atoms with Gasteiger partial charge in [-0.05, 0) is 86.3 Å². The fourth-order valence-electron chi connectivity index (χ4n) is 4.90. The van der Waals surface area contributed by atoms with E-state index in [4.69, 9.17) is 10.5 Å². The van der Waals surface area contributed by atoms with Crippen LogP contribution in [0, 0.1) is 0 Å². The fraction of sp³-hybridized carbons (Fsp3) is 0.429. The smallest absolute Gasteiger partial charge is 0.250 e. The summed E-state index contributed by atoms with van der Waals surface area (Å²) in [7, 11) is -3.77. The molecule has 1 aromatic carbocycles. The summed E-state index contributed by atoms with van der Waals surface area (Å²) in [5.41, 5.74) is 5.48. The first-order valence-electron chi connectivity index (χ1n) is 13.6. The molecule has 2 aromatic heterocycles. The van der Waals surface area contributed by atoms with Crippen LogP contribution in [-0.4, -0.2) is 70.8 Å². The van der Waals surface area contributed by atoms with Crippen molar-refractivity contribution in [3.05, 3.63) is 52.8 Å². The number of rotatable bonds is 9. The van der Waals surface area contributed by atoms with Gasteiger partial charge < -0.3 is 25.3 Å². The number of halogens is 2. The summed E-state index contributed by atoms with van der Waals surface area (Å²) in [5.74, 6) is -1.88. The largest absolute Gasteiger partial charge is 0.476 e. The van der Waals surface area contributed by atoms with Crippen LogP contribution in [0.5, 0.6) is 5.75 Å². The van der Waals surface area contributed by atoms with Crippen molar-refractivity contribution in [1.29, 1.82) is 0 Å². The summed E-state index contributed by atoms with van der Waals surface area (Å²) in [6, 6.07) is 8.65. The van der Waals surface area contributed by atoms with Gasteiger partial charge in [-0.2, -0.15) is 0 Å². The highest BCUT2D eigenvalue weighted by atomic mass is 79.9. The number of anilines is 1. The molecule has 15 heteroatoms. The van der Waals surface area contributed by atoms with Gasteiger partial charge >= 0.3 is 0 Å². The molecular weight excluding hydrogens is 647 g/mol. The van der Waals surface area contributed by atoms with E-state index in [9.17, 15) is 27.2 Å². The molecule has 2 atom stereocenters. The van der Waals surface area contributed by atoms with Crippen LogP contribution in [0.3, 0.4) is 0 Å². The maximum Gasteiger partial charge on any atom is 0.250 e. The Morgan fingerprint density at radius 1 is 1.16 bits per heavy atom. The van der Waals surface area contributed by atoms with Crippen LogP contribution in [0.1, 0.15) is 50.4 Å². The number of sulfonamides is 1. The predicted molar refractivity (Wildman–Crippen MR) is 163 cm³/mol. The van der Waals surface area contributed by atoms with Gasteiger partial charge in [0.05, 0.1) is 5.56 Å². The van der Waals surface area contributed by atoms with Gasteiger partial charge in [-0.15, -0.1) is 0 Å². The van der Waals surface area contributed by atoms with Crippen LogP contribution in [0.25, 0.3) is 10.9 Å². The van der Waals surface area contributed by atoms with E-state index in [2.05, 4.69) is 31.0 Å². The van der Waals surface area contributed by atoms with Gasteiger partial charge in [0, 0.05) is 29.2 Å². The molecule has 3 aromatic rings. The highest BCUT2D eigenvalue weighted by Gasteiger charge is 2.34. The molecule has 232 valence electrons. The summed E-state index contributed by atoms with van der Waals surface area (Å²) in [5, 5.41) is 3.06. The highest BCUT2D eigenvalue weighted by molar-refractivity contribution is 9.10. The lowest BCUT2D eigenvalue weighted by Gasteiger charge is -2.29. The first-order valence-corrected chi connectivity index (χ1v) is 16.0. The average Bonchev–Trinajstić information content (AvgIpc) is 3.12. The van der Waals surface area contributed by atoms with E-state index in [1.807, 2.05) is 0 Å². The number of alkyl halides is 1. The van der Waals surface area contributed by atoms with E-state index >= 15 is 0 Å². The topological polar surface area (TPSA) is 166 Å². The van der Waals surface area contributed by atoms with Gasteiger partial charge in [0.2, 0.25) is 27.8 Å². The first kappa shape index (κ1) is 32.4. The molecule has 1 fully saturated rings. The van der Waals surface area contributed by atoms with Crippen molar-refractivity contribution in [2.75, 3.05) is 17.8 Å². The van der Waals surface area contributed by atoms with E-state index in [0.29, 0.717) is 15.5 Å². The molecule has 43 heavy (non-hydrogen) atoms. The molecule has 3 amide bonds. The van der Waals surface area contributed by atoms with Crippen molar-refractivity contribution in [3.8, 4) is 5.75 Å². The Hall–Kier alpha value is -3.56. The number of hydrogen-bond donors (Lipinski definition) is 3. The zero-order valence-corrected chi connectivity index (χ0v) is 26.4. The summed E-state index contributed by atoms with van der Waals surface area (Å²) < 4.78 is 49.1. The van der Waals surface area contributed by atoms with Crippen LogP contribution in [-0.2, 0) is 26.2 Å². The Kier molecular flexibility index (Phi) is 9.76. The van der Waals surface area contributed by atoms with Crippen LogP contribution in [0.4, 0.5) is 10.2 Å². The van der Waals surface area contributed by atoms with Gasteiger partial charge in [0.15, 0.2) is 0 Å². The number of nitrogens with two attached hydrogens (primary N) is 1. The molecule has 4 rings (SSSR count). The zero-order valence-electron chi connectivity index (χ0n) is 24.0. The summed E-state index contributed by atoms with van der Waals surface area (Å²) in [6.45, 7) is 4.88. The molecule has 1 aliphatic heterocycles. The number of nitrogens with one attached hydrogen (secondary N) is 2. The fourth-order valence-corrected chi connectivity index (χ4v) is 6.53. The quantitative estimate of drug-likeness (QED) is 0.292. The number of hydrogen-bond acceptors (Lipinski definition) is 7. The minimum Gasteiger partial charge on any atom is -0.476 e. The third-order valence-corrected chi connectivity index (χ3v) is 8.46. The lowest BCUT2D eigenvalue weighted by molar-refractivity contribution is -0.139. The molecular formula is C28H34BrFN6O6S. The Morgan fingerprint density at radius 2 is 1.91 bits per heavy atom. The summed E-state index contributed by atoms with van der Waals surface area (Å²) >= 11 is 3.25. The van der Waals surface area contributed by atoms with Crippen LogP contribution in [0.15, 0.2) is 47.2 Å². The number of benzene rings is 1. The van der Waals surface area contributed by atoms with Gasteiger partial charge in [-0.25, -0.2) is 22.5 Å². The van der Waals surface area contributed by atoms with Crippen LogP contribution >= 0.6 is 15.9 Å². The Balaban J connectivity index is 1.57. The number of carbonyl (C=O) groups excluding carboxylic acids is 3. The second-order valence-electron chi connectivity index (χ2n) is 11.3. The van der Waals surface area contributed by atoms with Crippen LogP contribution < -0.4 is 20.5 Å². The monoisotopic (exact) mass is 680 g/mol.